The van der Waals surface area contributed by atoms with Gasteiger partial charge in [-0.15, -0.1) is 12.4 Å². The fourth-order valence-electron chi connectivity index (χ4n) is 2.36. The van der Waals surface area contributed by atoms with Crippen LogP contribution in [0, 0.1) is 6.92 Å². The summed E-state index contributed by atoms with van der Waals surface area (Å²) in [6.45, 7) is 2.66. The predicted molar refractivity (Wildman–Crippen MR) is 76.9 cm³/mol. The molecule has 0 radical (unpaired) electrons. The second kappa shape index (κ2) is 6.35. The van der Waals surface area contributed by atoms with E-state index in [0.29, 0.717) is 31.1 Å². The first-order valence-corrected chi connectivity index (χ1v) is 6.51. The highest BCUT2D eigenvalue weighted by Gasteiger charge is 2.28. The van der Waals surface area contributed by atoms with Gasteiger partial charge in [0.1, 0.15) is 0 Å². The highest BCUT2D eigenvalue weighted by Crippen LogP contribution is 2.22. The van der Waals surface area contributed by atoms with Gasteiger partial charge in [0, 0.05) is 13.0 Å². The van der Waals surface area contributed by atoms with E-state index in [4.69, 9.17) is 4.52 Å². The van der Waals surface area contributed by atoms with Crippen LogP contribution in [0.15, 0.2) is 28.8 Å². The average molecular weight is 296 g/mol. The molecular formula is C14H18ClN3O2. The van der Waals surface area contributed by atoms with Gasteiger partial charge in [0.05, 0.1) is 12.1 Å². The summed E-state index contributed by atoms with van der Waals surface area (Å²) in [6.07, 6.45) is 0.981. The maximum Gasteiger partial charge on any atom is 0.243 e. The van der Waals surface area contributed by atoms with Gasteiger partial charge in [0.2, 0.25) is 5.89 Å². The number of aliphatic hydroxyl groups excluding tert-OH is 1. The maximum atomic E-state index is 9.49. The Morgan fingerprint density at radius 2 is 2.20 bits per heavy atom. The van der Waals surface area contributed by atoms with Crippen molar-refractivity contribution in [3.05, 3.63) is 47.1 Å². The normalized spacial score (nSPS) is 21.7. The Labute approximate surface area is 123 Å². The van der Waals surface area contributed by atoms with Crippen molar-refractivity contribution in [2.45, 2.75) is 31.9 Å². The molecule has 0 bridgehead atoms. The van der Waals surface area contributed by atoms with Gasteiger partial charge in [-0.1, -0.05) is 29.4 Å². The van der Waals surface area contributed by atoms with Gasteiger partial charge in [-0.25, -0.2) is 0 Å². The molecule has 0 amide bonds. The molecule has 1 aliphatic heterocycles. The van der Waals surface area contributed by atoms with E-state index in [-0.39, 0.29) is 24.6 Å². The molecular weight excluding hydrogens is 278 g/mol. The molecule has 0 aliphatic carbocycles. The van der Waals surface area contributed by atoms with Crippen molar-refractivity contribution >= 4 is 12.4 Å². The van der Waals surface area contributed by atoms with Crippen LogP contribution in [0.5, 0.6) is 0 Å². The van der Waals surface area contributed by atoms with Crippen molar-refractivity contribution in [2.75, 3.05) is 6.54 Å². The number of aryl methyl sites for hydroxylation is 1. The van der Waals surface area contributed by atoms with Crippen molar-refractivity contribution in [1.29, 1.82) is 0 Å². The fraction of sp³-hybridized carbons (Fsp3) is 0.429. The summed E-state index contributed by atoms with van der Waals surface area (Å²) in [4.78, 5) is 4.41. The first kappa shape index (κ1) is 15.0. The number of hydrogen-bond donors (Lipinski definition) is 2. The molecule has 1 saturated heterocycles. The van der Waals surface area contributed by atoms with E-state index < -0.39 is 0 Å². The van der Waals surface area contributed by atoms with Gasteiger partial charge >= 0.3 is 0 Å². The van der Waals surface area contributed by atoms with E-state index in [9.17, 15) is 5.11 Å². The minimum absolute atomic E-state index is 0. The highest BCUT2D eigenvalue weighted by atomic mass is 35.5. The van der Waals surface area contributed by atoms with Gasteiger partial charge in [0.25, 0.3) is 0 Å². The van der Waals surface area contributed by atoms with E-state index in [2.05, 4.69) is 34.5 Å². The molecule has 1 aromatic heterocycles. The second-order valence-corrected chi connectivity index (χ2v) is 5.00. The van der Waals surface area contributed by atoms with E-state index in [1.54, 1.807) is 0 Å². The lowest BCUT2D eigenvalue weighted by molar-refractivity contribution is 0.191. The molecule has 5 nitrogen and oxygen atoms in total. The Morgan fingerprint density at radius 3 is 2.90 bits per heavy atom. The van der Waals surface area contributed by atoms with Crippen LogP contribution < -0.4 is 5.32 Å². The number of β-amino-alcohol motifs (C(OH)–C–C–N with tert-alkyl or cyclic N) is 1. The molecule has 0 saturated carbocycles. The van der Waals surface area contributed by atoms with Crippen molar-refractivity contribution < 1.29 is 9.63 Å². The predicted octanol–water partition coefficient (Wildman–Crippen LogP) is 1.79. The molecule has 2 heterocycles. The molecule has 0 unspecified atom stereocenters. The van der Waals surface area contributed by atoms with Crippen molar-refractivity contribution in [1.82, 2.24) is 15.5 Å². The third kappa shape index (κ3) is 3.17. The molecule has 2 N–H and O–H groups in total. The number of hydrogen-bond acceptors (Lipinski definition) is 5. The molecule has 6 heteroatoms. The van der Waals surface area contributed by atoms with Gasteiger partial charge < -0.3 is 14.9 Å². The zero-order chi connectivity index (χ0) is 13.2. The minimum atomic E-state index is -0.322. The zero-order valence-electron chi connectivity index (χ0n) is 11.2. The maximum absolute atomic E-state index is 9.49. The molecule has 3 rings (SSSR count). The van der Waals surface area contributed by atoms with Crippen LogP contribution in [0.1, 0.15) is 35.3 Å². The topological polar surface area (TPSA) is 71.2 Å². The average Bonchev–Trinajstić information content (AvgIpc) is 3.01. The molecule has 2 aromatic rings. The molecule has 20 heavy (non-hydrogen) atoms. The lowest BCUT2D eigenvalue weighted by Gasteiger charge is -2.02. The fourth-order valence-corrected chi connectivity index (χ4v) is 2.36. The molecule has 2 atom stereocenters. The number of aromatic nitrogens is 2. The number of nitrogens with one attached hydrogen (secondary N) is 1. The largest absolute Gasteiger partial charge is 0.392 e. The first-order valence-electron chi connectivity index (χ1n) is 6.51. The quantitative estimate of drug-likeness (QED) is 0.903. The number of benzene rings is 1. The van der Waals surface area contributed by atoms with Crippen LogP contribution >= 0.6 is 12.4 Å². The number of aliphatic hydroxyl groups is 1. The molecule has 0 spiro atoms. The summed E-state index contributed by atoms with van der Waals surface area (Å²) >= 11 is 0. The van der Waals surface area contributed by atoms with E-state index >= 15 is 0 Å². The molecule has 108 valence electrons. The third-order valence-electron chi connectivity index (χ3n) is 3.50. The lowest BCUT2D eigenvalue weighted by Crippen LogP contribution is -2.15. The van der Waals surface area contributed by atoms with Crippen molar-refractivity contribution in [2.24, 2.45) is 0 Å². The standard InChI is InChI=1S/C14H17N3O2.ClH/c1-9-4-2-3-5-10(9)6-13-16-14(19-17-13)12-7-11(18)8-15-12;/h2-5,11-12,15,18H,6-8H2,1H3;1H/t11-,12-;/m1./s1. The number of halogens is 1. The van der Waals surface area contributed by atoms with Crippen molar-refractivity contribution in [3.63, 3.8) is 0 Å². The first-order chi connectivity index (χ1) is 9.22. The van der Waals surface area contributed by atoms with E-state index in [1.165, 1.54) is 11.1 Å². The Hall–Kier alpha value is -1.43. The van der Waals surface area contributed by atoms with Crippen LogP contribution in [0.3, 0.4) is 0 Å². The van der Waals surface area contributed by atoms with Gasteiger partial charge in [0.15, 0.2) is 5.82 Å². The van der Waals surface area contributed by atoms with Crippen LogP contribution in [-0.4, -0.2) is 27.9 Å². The van der Waals surface area contributed by atoms with Crippen molar-refractivity contribution in [3.8, 4) is 0 Å². The van der Waals surface area contributed by atoms with E-state index in [0.717, 1.165) is 0 Å². The minimum Gasteiger partial charge on any atom is -0.392 e. The summed E-state index contributed by atoms with van der Waals surface area (Å²) in [5.74, 6) is 1.26. The van der Waals surface area contributed by atoms with Crippen LogP contribution in [0.4, 0.5) is 0 Å². The monoisotopic (exact) mass is 295 g/mol. The lowest BCUT2D eigenvalue weighted by atomic mass is 10.1. The van der Waals surface area contributed by atoms with Crippen LogP contribution in [0.2, 0.25) is 0 Å². The Morgan fingerprint density at radius 1 is 1.40 bits per heavy atom. The van der Waals surface area contributed by atoms with Gasteiger partial charge in [-0.3, -0.25) is 0 Å². The number of rotatable bonds is 3. The van der Waals surface area contributed by atoms with Gasteiger partial charge in [-0.05, 0) is 24.5 Å². The Balaban J connectivity index is 0.00000147. The zero-order valence-corrected chi connectivity index (χ0v) is 12.1. The summed E-state index contributed by atoms with van der Waals surface area (Å²) in [5.41, 5.74) is 2.43. The Bertz CT molecular complexity index is 573. The van der Waals surface area contributed by atoms with E-state index in [1.807, 2.05) is 12.1 Å². The molecule has 1 aromatic carbocycles. The Kier molecular flexibility index (Phi) is 4.75. The SMILES string of the molecule is Cc1ccccc1Cc1noc([C@H]2C[C@@H](O)CN2)n1.Cl. The molecule has 1 aliphatic rings. The van der Waals surface area contributed by atoms with Crippen LogP contribution in [0.25, 0.3) is 0 Å². The van der Waals surface area contributed by atoms with Gasteiger partial charge in [-0.2, -0.15) is 4.98 Å². The molecule has 1 fully saturated rings. The smallest absolute Gasteiger partial charge is 0.243 e. The summed E-state index contributed by atoms with van der Waals surface area (Å²) < 4.78 is 5.27. The third-order valence-corrected chi connectivity index (χ3v) is 3.50. The highest BCUT2D eigenvalue weighted by molar-refractivity contribution is 5.85. The second-order valence-electron chi connectivity index (χ2n) is 5.00. The number of nitrogens with zero attached hydrogens (tertiary/aromatic N) is 2. The summed E-state index contributed by atoms with van der Waals surface area (Å²) in [6, 6.07) is 8.16. The van der Waals surface area contributed by atoms with Crippen LogP contribution in [-0.2, 0) is 6.42 Å². The summed E-state index contributed by atoms with van der Waals surface area (Å²) in [5, 5.41) is 16.7. The summed E-state index contributed by atoms with van der Waals surface area (Å²) in [7, 11) is 0.